The van der Waals surface area contributed by atoms with Crippen LogP contribution in [0, 0.1) is 5.92 Å². The van der Waals surface area contributed by atoms with E-state index in [2.05, 4.69) is 31.0 Å². The van der Waals surface area contributed by atoms with Crippen molar-refractivity contribution < 1.29 is 4.79 Å². The van der Waals surface area contributed by atoms with Gasteiger partial charge in [0.1, 0.15) is 0 Å². The molecule has 1 unspecified atom stereocenters. The van der Waals surface area contributed by atoms with Crippen LogP contribution in [-0.4, -0.2) is 43.0 Å². The minimum absolute atomic E-state index is 0.264. The summed E-state index contributed by atoms with van der Waals surface area (Å²) in [6.45, 7) is 11.9. The van der Waals surface area contributed by atoms with E-state index in [-0.39, 0.29) is 5.91 Å². The number of unbranched alkanes of at least 4 members (excludes halogenated alkanes) is 1. The number of likely N-dealkylation sites (N-methyl/N-ethyl adjacent to an activating group) is 1. The highest BCUT2D eigenvalue weighted by Gasteiger charge is 2.27. The van der Waals surface area contributed by atoms with Gasteiger partial charge in [0.05, 0.1) is 5.54 Å². The van der Waals surface area contributed by atoms with Crippen molar-refractivity contribution in [3.63, 3.8) is 0 Å². The minimum Gasteiger partial charge on any atom is -0.368 e. The Hall–Kier alpha value is -0.610. The monoisotopic (exact) mass is 257 g/mol. The first-order chi connectivity index (χ1) is 8.35. The van der Waals surface area contributed by atoms with Crippen LogP contribution in [0.25, 0.3) is 0 Å². The molecule has 0 aliphatic rings. The molecule has 0 saturated carbocycles. The number of amides is 1. The second-order valence-corrected chi connectivity index (χ2v) is 5.69. The molecular formula is C14H31N3O. The Morgan fingerprint density at radius 2 is 2.00 bits per heavy atom. The molecule has 4 nitrogen and oxygen atoms in total. The van der Waals surface area contributed by atoms with Crippen molar-refractivity contribution in [1.29, 1.82) is 0 Å². The molecule has 0 aliphatic carbocycles. The van der Waals surface area contributed by atoms with Gasteiger partial charge in [-0.25, -0.2) is 0 Å². The molecule has 4 heteroatoms. The zero-order valence-corrected chi connectivity index (χ0v) is 12.8. The average molecular weight is 257 g/mol. The molecular weight excluding hydrogens is 226 g/mol. The fourth-order valence-corrected chi connectivity index (χ4v) is 2.08. The summed E-state index contributed by atoms with van der Waals surface area (Å²) in [5, 5.41) is 3.02. The van der Waals surface area contributed by atoms with Gasteiger partial charge in [0.2, 0.25) is 5.91 Å². The molecule has 0 aromatic carbocycles. The Morgan fingerprint density at radius 3 is 2.39 bits per heavy atom. The number of hydrogen-bond donors (Lipinski definition) is 2. The van der Waals surface area contributed by atoms with Gasteiger partial charge in [0.15, 0.2) is 0 Å². The summed E-state index contributed by atoms with van der Waals surface area (Å²) in [5.41, 5.74) is 4.84. The number of nitrogens with two attached hydrogens (primary N) is 1. The Bertz CT molecular complexity index is 243. The van der Waals surface area contributed by atoms with Gasteiger partial charge in [-0.15, -0.1) is 0 Å². The van der Waals surface area contributed by atoms with E-state index >= 15 is 0 Å². The van der Waals surface area contributed by atoms with Crippen LogP contribution < -0.4 is 11.1 Å². The Morgan fingerprint density at radius 1 is 1.39 bits per heavy atom. The number of hydrogen-bond acceptors (Lipinski definition) is 3. The second-order valence-electron chi connectivity index (χ2n) is 5.69. The molecule has 108 valence electrons. The third-order valence-electron chi connectivity index (χ3n) is 3.57. The van der Waals surface area contributed by atoms with Gasteiger partial charge >= 0.3 is 0 Å². The molecule has 0 rings (SSSR count). The summed E-state index contributed by atoms with van der Waals surface area (Å²) in [4.78, 5) is 13.8. The number of rotatable bonds is 10. The predicted molar refractivity (Wildman–Crippen MR) is 77.5 cm³/mol. The van der Waals surface area contributed by atoms with E-state index in [1.807, 2.05) is 6.92 Å². The lowest BCUT2D eigenvalue weighted by Crippen LogP contribution is -2.51. The molecule has 18 heavy (non-hydrogen) atoms. The van der Waals surface area contributed by atoms with Gasteiger partial charge in [-0.1, -0.05) is 20.8 Å². The standard InChI is InChI=1S/C14H31N3O/c1-6-17(11-12(2)3)10-8-7-9-14(4,16-5)13(15)18/h12,16H,6-11H2,1-5H3,(H2,15,18). The Balaban J connectivity index is 3.93. The lowest BCUT2D eigenvalue weighted by Gasteiger charge is -2.26. The van der Waals surface area contributed by atoms with E-state index in [0.29, 0.717) is 5.92 Å². The van der Waals surface area contributed by atoms with Crippen molar-refractivity contribution in [2.24, 2.45) is 11.7 Å². The number of carbonyl (C=O) groups excluding carboxylic acids is 1. The van der Waals surface area contributed by atoms with Crippen molar-refractivity contribution in [3.05, 3.63) is 0 Å². The quantitative estimate of drug-likeness (QED) is 0.584. The third kappa shape index (κ3) is 6.36. The number of primary amides is 1. The molecule has 0 bridgehead atoms. The molecule has 0 fully saturated rings. The highest BCUT2D eigenvalue weighted by molar-refractivity contribution is 5.84. The van der Waals surface area contributed by atoms with Gasteiger partial charge in [-0.3, -0.25) is 4.79 Å². The molecule has 3 N–H and O–H groups in total. The van der Waals surface area contributed by atoms with E-state index < -0.39 is 5.54 Å². The van der Waals surface area contributed by atoms with E-state index in [1.165, 1.54) is 0 Å². The molecule has 0 radical (unpaired) electrons. The summed E-state index contributed by atoms with van der Waals surface area (Å²) in [5.74, 6) is 0.442. The maximum Gasteiger partial charge on any atom is 0.237 e. The summed E-state index contributed by atoms with van der Waals surface area (Å²) >= 11 is 0. The van der Waals surface area contributed by atoms with Crippen molar-refractivity contribution in [1.82, 2.24) is 10.2 Å². The van der Waals surface area contributed by atoms with Crippen LogP contribution >= 0.6 is 0 Å². The van der Waals surface area contributed by atoms with Gasteiger partial charge in [0, 0.05) is 6.54 Å². The first kappa shape index (κ1) is 17.4. The van der Waals surface area contributed by atoms with Crippen LogP contribution in [-0.2, 0) is 4.79 Å². The fraction of sp³-hybridized carbons (Fsp3) is 0.929. The maximum absolute atomic E-state index is 11.3. The highest BCUT2D eigenvalue weighted by Crippen LogP contribution is 2.13. The number of nitrogens with zero attached hydrogens (tertiary/aromatic N) is 1. The van der Waals surface area contributed by atoms with Gasteiger partial charge < -0.3 is 16.0 Å². The normalized spacial score (nSPS) is 15.1. The highest BCUT2D eigenvalue weighted by atomic mass is 16.1. The van der Waals surface area contributed by atoms with Crippen molar-refractivity contribution in [3.8, 4) is 0 Å². The number of nitrogens with one attached hydrogen (secondary N) is 1. The van der Waals surface area contributed by atoms with Crippen molar-refractivity contribution in [2.45, 2.75) is 52.5 Å². The van der Waals surface area contributed by atoms with E-state index in [0.717, 1.165) is 38.9 Å². The topological polar surface area (TPSA) is 58.4 Å². The molecule has 0 aromatic heterocycles. The summed E-state index contributed by atoms with van der Waals surface area (Å²) in [6.07, 6.45) is 2.94. The Kier molecular flexibility index (Phi) is 8.20. The zero-order chi connectivity index (χ0) is 14.2. The van der Waals surface area contributed by atoms with E-state index in [4.69, 9.17) is 5.73 Å². The van der Waals surface area contributed by atoms with Gasteiger partial charge in [0.25, 0.3) is 0 Å². The first-order valence-corrected chi connectivity index (χ1v) is 7.07. The summed E-state index contributed by atoms with van der Waals surface area (Å²) in [6, 6.07) is 0. The van der Waals surface area contributed by atoms with Crippen LogP contribution in [0.15, 0.2) is 0 Å². The lowest BCUT2D eigenvalue weighted by atomic mass is 9.94. The van der Waals surface area contributed by atoms with Gasteiger partial charge in [-0.2, -0.15) is 0 Å². The fourth-order valence-electron chi connectivity index (χ4n) is 2.08. The van der Waals surface area contributed by atoms with Gasteiger partial charge in [-0.05, 0) is 52.2 Å². The summed E-state index contributed by atoms with van der Waals surface area (Å²) < 4.78 is 0. The predicted octanol–water partition coefficient (Wildman–Crippen LogP) is 1.60. The lowest BCUT2D eigenvalue weighted by molar-refractivity contribution is -0.123. The van der Waals surface area contributed by atoms with Crippen LogP contribution in [0.2, 0.25) is 0 Å². The Labute approximate surface area is 112 Å². The second kappa shape index (κ2) is 8.48. The third-order valence-corrected chi connectivity index (χ3v) is 3.57. The van der Waals surface area contributed by atoms with Crippen molar-refractivity contribution in [2.75, 3.05) is 26.7 Å². The number of carbonyl (C=O) groups is 1. The van der Waals surface area contributed by atoms with Crippen LogP contribution in [0.3, 0.4) is 0 Å². The molecule has 0 saturated heterocycles. The van der Waals surface area contributed by atoms with E-state index in [1.54, 1.807) is 7.05 Å². The van der Waals surface area contributed by atoms with Crippen LogP contribution in [0.5, 0.6) is 0 Å². The zero-order valence-electron chi connectivity index (χ0n) is 12.8. The largest absolute Gasteiger partial charge is 0.368 e. The van der Waals surface area contributed by atoms with E-state index in [9.17, 15) is 4.79 Å². The van der Waals surface area contributed by atoms with Crippen LogP contribution in [0.1, 0.15) is 47.0 Å². The molecule has 0 aliphatic heterocycles. The smallest absolute Gasteiger partial charge is 0.237 e. The minimum atomic E-state index is -0.560. The SMILES string of the molecule is CCN(CCCCC(C)(NC)C(N)=O)CC(C)C. The summed E-state index contributed by atoms with van der Waals surface area (Å²) in [7, 11) is 1.79. The van der Waals surface area contributed by atoms with Crippen LogP contribution in [0.4, 0.5) is 0 Å². The molecule has 0 spiro atoms. The maximum atomic E-state index is 11.3. The first-order valence-electron chi connectivity index (χ1n) is 7.07. The molecule has 0 heterocycles. The van der Waals surface area contributed by atoms with Crippen molar-refractivity contribution >= 4 is 5.91 Å². The molecule has 1 amide bonds. The average Bonchev–Trinajstić information content (AvgIpc) is 2.31. The molecule has 1 atom stereocenters. The molecule has 0 aromatic rings.